The molecule has 2 aromatic rings. The summed E-state index contributed by atoms with van der Waals surface area (Å²) in [6.07, 6.45) is 0.750. The molecule has 0 amide bonds. The largest absolute Gasteiger partial charge is 0.473 e. The maximum Gasteiger partial charge on any atom is 0.260 e. The first-order valence-corrected chi connectivity index (χ1v) is 8.58. The van der Waals surface area contributed by atoms with Gasteiger partial charge in [0.25, 0.3) is 10.0 Å². The van der Waals surface area contributed by atoms with Crippen LogP contribution in [0.1, 0.15) is 18.9 Å². The Kier molecular flexibility index (Phi) is 5.51. The van der Waals surface area contributed by atoms with Crippen molar-refractivity contribution in [3.05, 3.63) is 54.1 Å². The van der Waals surface area contributed by atoms with Crippen molar-refractivity contribution < 1.29 is 13.2 Å². The molecule has 22 heavy (non-hydrogen) atoms. The Morgan fingerprint density at radius 3 is 2.50 bits per heavy atom. The van der Waals surface area contributed by atoms with Gasteiger partial charge in [0, 0.05) is 19.7 Å². The molecule has 0 bridgehead atoms. The third kappa shape index (κ3) is 4.05. The van der Waals surface area contributed by atoms with Gasteiger partial charge in [0.1, 0.15) is 6.61 Å². The molecule has 2 rings (SSSR count). The van der Waals surface area contributed by atoms with Gasteiger partial charge in [0.15, 0.2) is 5.03 Å². The number of rotatable bonds is 7. The van der Waals surface area contributed by atoms with Crippen LogP contribution in [-0.2, 0) is 16.6 Å². The van der Waals surface area contributed by atoms with E-state index in [1.807, 2.05) is 37.3 Å². The lowest BCUT2D eigenvalue weighted by molar-refractivity contribution is 0.291. The van der Waals surface area contributed by atoms with Crippen LogP contribution in [0.3, 0.4) is 0 Å². The van der Waals surface area contributed by atoms with Crippen molar-refractivity contribution in [1.82, 2.24) is 9.29 Å². The zero-order chi connectivity index (χ0) is 16.0. The van der Waals surface area contributed by atoms with E-state index in [0.717, 1.165) is 12.0 Å². The fraction of sp³-hybridized carbons (Fsp3) is 0.312. The first-order chi connectivity index (χ1) is 10.5. The van der Waals surface area contributed by atoms with Crippen molar-refractivity contribution in [3.63, 3.8) is 0 Å². The molecule has 1 aromatic heterocycles. The van der Waals surface area contributed by atoms with Crippen LogP contribution in [0.15, 0.2) is 53.6 Å². The van der Waals surface area contributed by atoms with Crippen LogP contribution in [0.5, 0.6) is 5.88 Å². The first kappa shape index (κ1) is 16.5. The van der Waals surface area contributed by atoms with Crippen molar-refractivity contribution in [2.75, 3.05) is 13.6 Å². The van der Waals surface area contributed by atoms with Gasteiger partial charge in [0.2, 0.25) is 5.88 Å². The zero-order valence-corrected chi connectivity index (χ0v) is 13.6. The van der Waals surface area contributed by atoms with E-state index in [-0.39, 0.29) is 5.03 Å². The quantitative estimate of drug-likeness (QED) is 0.787. The smallest absolute Gasteiger partial charge is 0.260 e. The number of aromatic nitrogens is 1. The average molecular weight is 320 g/mol. The summed E-state index contributed by atoms with van der Waals surface area (Å²) in [5.74, 6) is 0.301. The summed E-state index contributed by atoms with van der Waals surface area (Å²) < 4.78 is 31.6. The standard InChI is InChI=1S/C16H20N2O3S/c1-3-12-18(2)22(19,20)16-11-7-10-15(17-16)21-13-14-8-5-4-6-9-14/h4-11H,3,12-13H2,1-2H3. The maximum atomic E-state index is 12.4. The number of ether oxygens (including phenoxy) is 1. The molecule has 0 radical (unpaired) electrons. The normalized spacial score (nSPS) is 11.6. The van der Waals surface area contributed by atoms with Gasteiger partial charge in [0.05, 0.1) is 0 Å². The summed E-state index contributed by atoms with van der Waals surface area (Å²) in [4.78, 5) is 4.11. The van der Waals surface area contributed by atoms with E-state index < -0.39 is 10.0 Å². The molecular weight excluding hydrogens is 300 g/mol. The highest BCUT2D eigenvalue weighted by atomic mass is 32.2. The first-order valence-electron chi connectivity index (χ1n) is 7.14. The van der Waals surface area contributed by atoms with E-state index in [1.165, 1.54) is 10.4 Å². The molecule has 0 saturated carbocycles. The molecule has 0 aliphatic carbocycles. The van der Waals surface area contributed by atoms with Gasteiger partial charge in [-0.25, -0.2) is 13.4 Å². The Balaban J connectivity index is 2.13. The molecule has 1 aromatic carbocycles. The number of nitrogens with zero attached hydrogens (tertiary/aromatic N) is 2. The maximum absolute atomic E-state index is 12.4. The van der Waals surface area contributed by atoms with Gasteiger partial charge in [-0.1, -0.05) is 43.3 Å². The van der Waals surface area contributed by atoms with Crippen LogP contribution < -0.4 is 4.74 Å². The fourth-order valence-electron chi connectivity index (χ4n) is 1.95. The highest BCUT2D eigenvalue weighted by Gasteiger charge is 2.21. The summed E-state index contributed by atoms with van der Waals surface area (Å²) in [5.41, 5.74) is 1.00. The molecule has 5 nitrogen and oxygen atoms in total. The van der Waals surface area contributed by atoms with Crippen LogP contribution in [0.2, 0.25) is 0 Å². The molecule has 0 unspecified atom stereocenters. The minimum absolute atomic E-state index is 0.00834. The molecule has 0 aliphatic rings. The number of hydrogen-bond donors (Lipinski definition) is 0. The second-order valence-corrected chi connectivity index (χ2v) is 6.91. The van der Waals surface area contributed by atoms with Crippen LogP contribution >= 0.6 is 0 Å². The molecule has 0 atom stereocenters. The molecule has 6 heteroatoms. The van der Waals surface area contributed by atoms with E-state index in [9.17, 15) is 8.42 Å². The molecular formula is C16H20N2O3S. The summed E-state index contributed by atoms with van der Waals surface area (Å²) in [6.45, 7) is 2.74. The van der Waals surface area contributed by atoms with Gasteiger partial charge >= 0.3 is 0 Å². The minimum atomic E-state index is -3.56. The second-order valence-electron chi connectivity index (χ2n) is 4.91. The van der Waals surface area contributed by atoms with Crippen molar-refractivity contribution in [3.8, 4) is 5.88 Å². The summed E-state index contributed by atoms with van der Waals surface area (Å²) in [6, 6.07) is 14.4. The van der Waals surface area contributed by atoms with Crippen LogP contribution in [-0.4, -0.2) is 31.3 Å². The lowest BCUT2D eigenvalue weighted by Crippen LogP contribution is -2.28. The summed E-state index contributed by atoms with van der Waals surface area (Å²) in [7, 11) is -2.01. The van der Waals surface area contributed by atoms with Crippen molar-refractivity contribution in [2.45, 2.75) is 25.0 Å². The predicted molar refractivity (Wildman–Crippen MR) is 85.1 cm³/mol. The van der Waals surface area contributed by atoms with Gasteiger partial charge < -0.3 is 4.74 Å². The van der Waals surface area contributed by atoms with Crippen LogP contribution in [0, 0.1) is 0 Å². The van der Waals surface area contributed by atoms with Gasteiger partial charge in [-0.05, 0) is 18.1 Å². The minimum Gasteiger partial charge on any atom is -0.473 e. The summed E-state index contributed by atoms with van der Waals surface area (Å²) >= 11 is 0. The Bertz CT molecular complexity index is 702. The molecule has 0 fully saturated rings. The van der Waals surface area contributed by atoms with Crippen molar-refractivity contribution in [1.29, 1.82) is 0 Å². The lowest BCUT2D eigenvalue weighted by atomic mass is 10.2. The second kappa shape index (κ2) is 7.38. The molecule has 0 spiro atoms. The number of benzene rings is 1. The Morgan fingerprint density at radius 2 is 1.82 bits per heavy atom. The third-order valence-electron chi connectivity index (χ3n) is 3.14. The van der Waals surface area contributed by atoms with Crippen molar-refractivity contribution in [2.24, 2.45) is 0 Å². The van der Waals surface area contributed by atoms with Gasteiger partial charge in [-0.2, -0.15) is 4.31 Å². The van der Waals surface area contributed by atoms with E-state index in [0.29, 0.717) is 19.0 Å². The van der Waals surface area contributed by atoms with Crippen LogP contribution in [0.25, 0.3) is 0 Å². The van der Waals surface area contributed by atoms with Crippen LogP contribution in [0.4, 0.5) is 0 Å². The van der Waals surface area contributed by atoms with Gasteiger partial charge in [-0.3, -0.25) is 0 Å². The molecule has 0 N–H and O–H groups in total. The Labute approximate surface area is 131 Å². The SMILES string of the molecule is CCCN(C)S(=O)(=O)c1cccc(OCc2ccccc2)n1. The average Bonchev–Trinajstić information content (AvgIpc) is 2.54. The Hall–Kier alpha value is -1.92. The van der Waals surface area contributed by atoms with Gasteiger partial charge in [-0.15, -0.1) is 0 Å². The fourth-order valence-corrected chi connectivity index (χ4v) is 3.14. The van der Waals surface area contributed by atoms with E-state index >= 15 is 0 Å². The van der Waals surface area contributed by atoms with Crippen molar-refractivity contribution >= 4 is 10.0 Å². The monoisotopic (exact) mass is 320 g/mol. The molecule has 1 heterocycles. The van der Waals surface area contributed by atoms with E-state index in [1.54, 1.807) is 19.2 Å². The lowest BCUT2D eigenvalue weighted by Gasteiger charge is -2.16. The van der Waals surface area contributed by atoms with E-state index in [4.69, 9.17) is 4.74 Å². The number of pyridine rings is 1. The number of hydrogen-bond acceptors (Lipinski definition) is 4. The zero-order valence-electron chi connectivity index (χ0n) is 12.8. The molecule has 0 saturated heterocycles. The number of sulfonamides is 1. The predicted octanol–water partition coefficient (Wildman–Crippen LogP) is 2.69. The molecule has 0 aliphatic heterocycles. The topological polar surface area (TPSA) is 59.5 Å². The van der Waals surface area contributed by atoms with E-state index in [2.05, 4.69) is 4.98 Å². The highest BCUT2D eigenvalue weighted by Crippen LogP contribution is 2.17. The third-order valence-corrected chi connectivity index (χ3v) is 4.90. The Morgan fingerprint density at radius 1 is 1.09 bits per heavy atom. The highest BCUT2D eigenvalue weighted by molar-refractivity contribution is 7.89. The summed E-state index contributed by atoms with van der Waals surface area (Å²) in [5, 5.41) is 0.00834. The molecule has 118 valence electrons.